The van der Waals surface area contributed by atoms with Crippen molar-refractivity contribution in [1.82, 2.24) is 10.5 Å². The lowest BCUT2D eigenvalue weighted by Gasteiger charge is -2.18. The number of hydrogen-bond acceptors (Lipinski definition) is 4. The molecule has 2 rings (SSSR count). The molecule has 1 aliphatic heterocycles. The van der Waals surface area contributed by atoms with Crippen molar-refractivity contribution in [1.29, 1.82) is 0 Å². The molecule has 1 aromatic heterocycles. The van der Waals surface area contributed by atoms with Crippen molar-refractivity contribution in [2.24, 2.45) is 0 Å². The highest BCUT2D eigenvalue weighted by Crippen LogP contribution is 2.25. The molecule has 1 saturated heterocycles. The number of nitrogens with one attached hydrogen (secondary N) is 1. The van der Waals surface area contributed by atoms with E-state index in [-0.39, 0.29) is 5.91 Å². The minimum absolute atomic E-state index is 0.0375. The second-order valence-electron chi connectivity index (χ2n) is 3.55. The maximum atomic E-state index is 12.0. The predicted molar refractivity (Wildman–Crippen MR) is 65.7 cm³/mol. The van der Waals surface area contributed by atoms with Crippen LogP contribution >= 0.6 is 11.3 Å². The molecule has 1 aromatic rings. The molecule has 16 heavy (non-hydrogen) atoms. The molecule has 4 nitrogen and oxygen atoms in total. The van der Waals surface area contributed by atoms with Gasteiger partial charge in [0, 0.05) is 11.9 Å². The molecular formula is C11H15N3OS. The van der Waals surface area contributed by atoms with E-state index in [1.54, 1.807) is 16.3 Å². The molecule has 0 radical (unpaired) electrons. The smallest absolute Gasteiger partial charge is 0.266 e. The highest BCUT2D eigenvalue weighted by Gasteiger charge is 2.32. The fourth-order valence-corrected chi connectivity index (χ4v) is 2.28. The van der Waals surface area contributed by atoms with Gasteiger partial charge < -0.3 is 0 Å². The van der Waals surface area contributed by atoms with Gasteiger partial charge in [-0.15, -0.1) is 5.53 Å². The van der Waals surface area contributed by atoms with Crippen molar-refractivity contribution in [2.75, 3.05) is 11.6 Å². The van der Waals surface area contributed by atoms with Crippen molar-refractivity contribution in [3.8, 4) is 0 Å². The molecule has 5 heteroatoms. The zero-order valence-corrected chi connectivity index (χ0v) is 10.3. The Morgan fingerprint density at radius 2 is 2.38 bits per heavy atom. The van der Waals surface area contributed by atoms with E-state index in [1.165, 1.54) is 0 Å². The summed E-state index contributed by atoms with van der Waals surface area (Å²) in [5, 5.41) is 7.48. The highest BCUT2D eigenvalue weighted by molar-refractivity contribution is 7.08. The maximum absolute atomic E-state index is 12.0. The molecule has 0 aromatic carbocycles. The van der Waals surface area contributed by atoms with E-state index in [0.717, 1.165) is 18.7 Å². The monoisotopic (exact) mass is 237 g/mol. The van der Waals surface area contributed by atoms with Gasteiger partial charge >= 0.3 is 0 Å². The summed E-state index contributed by atoms with van der Waals surface area (Å²) in [5.74, 6) is 0.0375. The molecule has 0 saturated carbocycles. The van der Waals surface area contributed by atoms with Gasteiger partial charge in [-0.2, -0.15) is 11.3 Å². The van der Waals surface area contributed by atoms with E-state index in [9.17, 15) is 4.79 Å². The summed E-state index contributed by atoms with van der Waals surface area (Å²) in [6.07, 6.45) is 2.77. The topological polar surface area (TPSA) is 35.6 Å². The van der Waals surface area contributed by atoms with Gasteiger partial charge in [0.05, 0.1) is 5.69 Å². The SMILES string of the molecule is CC=C1C(=O)N(CCC)NN1c1ccsc1. The second-order valence-corrected chi connectivity index (χ2v) is 4.33. The minimum atomic E-state index is 0.0375. The fourth-order valence-electron chi connectivity index (χ4n) is 1.66. The van der Waals surface area contributed by atoms with E-state index in [4.69, 9.17) is 0 Å². The van der Waals surface area contributed by atoms with Gasteiger partial charge in [0.2, 0.25) is 0 Å². The van der Waals surface area contributed by atoms with Gasteiger partial charge in [0.15, 0.2) is 0 Å². The quantitative estimate of drug-likeness (QED) is 0.818. The molecule has 86 valence electrons. The molecule has 1 amide bonds. The number of hydrazine groups is 2. The molecule has 1 fully saturated rings. The predicted octanol–water partition coefficient (Wildman–Crippen LogP) is 2.13. The lowest BCUT2D eigenvalue weighted by Crippen LogP contribution is -2.40. The molecule has 1 N–H and O–H groups in total. The van der Waals surface area contributed by atoms with Crippen LogP contribution < -0.4 is 10.5 Å². The lowest BCUT2D eigenvalue weighted by molar-refractivity contribution is -0.126. The number of rotatable bonds is 3. The summed E-state index contributed by atoms with van der Waals surface area (Å²) in [6, 6.07) is 1.99. The van der Waals surface area contributed by atoms with Crippen LogP contribution in [0, 0.1) is 0 Å². The number of carbonyl (C=O) groups excluding carboxylic acids is 1. The Morgan fingerprint density at radius 3 is 2.94 bits per heavy atom. The Hall–Kier alpha value is -1.33. The van der Waals surface area contributed by atoms with Crippen LogP contribution in [-0.2, 0) is 4.79 Å². The molecule has 2 heterocycles. The van der Waals surface area contributed by atoms with Crippen LogP contribution in [0.5, 0.6) is 0 Å². The first-order valence-electron chi connectivity index (χ1n) is 5.34. The third-order valence-electron chi connectivity index (χ3n) is 2.41. The highest BCUT2D eigenvalue weighted by atomic mass is 32.1. The van der Waals surface area contributed by atoms with Gasteiger partial charge in [-0.1, -0.05) is 13.0 Å². The summed E-state index contributed by atoms with van der Waals surface area (Å²) in [5.41, 5.74) is 4.79. The molecule has 0 atom stereocenters. The van der Waals surface area contributed by atoms with Crippen molar-refractivity contribution in [2.45, 2.75) is 20.3 Å². The van der Waals surface area contributed by atoms with E-state index in [1.807, 2.05) is 34.8 Å². The number of amides is 1. The number of hydrogen-bond donors (Lipinski definition) is 1. The largest absolute Gasteiger partial charge is 0.287 e. The van der Waals surface area contributed by atoms with Crippen LogP contribution in [0.1, 0.15) is 20.3 Å². The first kappa shape index (κ1) is 11.2. The Bertz CT molecular complexity index is 399. The van der Waals surface area contributed by atoms with E-state index in [0.29, 0.717) is 5.70 Å². The first-order valence-corrected chi connectivity index (χ1v) is 6.29. The van der Waals surface area contributed by atoms with Gasteiger partial charge in [0.25, 0.3) is 5.91 Å². The summed E-state index contributed by atoms with van der Waals surface area (Å²) in [7, 11) is 0. The molecule has 0 bridgehead atoms. The van der Waals surface area contributed by atoms with Crippen molar-refractivity contribution in [3.05, 3.63) is 28.6 Å². The van der Waals surface area contributed by atoms with Crippen LogP contribution in [0.15, 0.2) is 28.6 Å². The average molecular weight is 237 g/mol. The summed E-state index contributed by atoms with van der Waals surface area (Å²) in [4.78, 5) is 12.0. The number of carbonyl (C=O) groups is 1. The molecule has 1 aliphatic rings. The fraction of sp³-hybridized carbons (Fsp3) is 0.364. The van der Waals surface area contributed by atoms with Gasteiger partial charge in [-0.25, -0.2) is 0 Å². The Kier molecular flexibility index (Phi) is 3.26. The van der Waals surface area contributed by atoms with Crippen molar-refractivity contribution in [3.63, 3.8) is 0 Å². The molecular weight excluding hydrogens is 222 g/mol. The van der Waals surface area contributed by atoms with Crippen LogP contribution in [-0.4, -0.2) is 17.5 Å². The minimum Gasteiger partial charge on any atom is -0.266 e. The maximum Gasteiger partial charge on any atom is 0.287 e. The summed E-state index contributed by atoms with van der Waals surface area (Å²) >= 11 is 1.62. The van der Waals surface area contributed by atoms with E-state index >= 15 is 0 Å². The summed E-state index contributed by atoms with van der Waals surface area (Å²) in [6.45, 7) is 4.65. The normalized spacial score (nSPS) is 18.9. The first-order chi connectivity index (χ1) is 7.77. The van der Waals surface area contributed by atoms with Gasteiger partial charge in [-0.05, 0) is 24.8 Å². The summed E-state index contributed by atoms with van der Waals surface area (Å²) < 4.78 is 0. The third-order valence-corrected chi connectivity index (χ3v) is 3.08. The number of anilines is 1. The van der Waals surface area contributed by atoms with Crippen LogP contribution in [0.3, 0.4) is 0 Å². The van der Waals surface area contributed by atoms with Crippen LogP contribution in [0.2, 0.25) is 0 Å². The van der Waals surface area contributed by atoms with Crippen LogP contribution in [0.4, 0.5) is 5.69 Å². The zero-order valence-electron chi connectivity index (χ0n) is 9.43. The zero-order chi connectivity index (χ0) is 11.5. The molecule has 0 unspecified atom stereocenters. The third kappa shape index (κ3) is 1.83. The molecule has 0 aliphatic carbocycles. The Morgan fingerprint density at radius 1 is 1.56 bits per heavy atom. The standard InChI is InChI=1S/C11H15N3OS/c1-3-6-13-11(15)10(4-2)14(12-13)9-5-7-16-8-9/h4-5,7-8,12H,3,6H2,1-2H3. The van der Waals surface area contributed by atoms with E-state index in [2.05, 4.69) is 12.5 Å². The van der Waals surface area contributed by atoms with E-state index < -0.39 is 0 Å². The second kappa shape index (κ2) is 4.67. The lowest BCUT2D eigenvalue weighted by atomic mass is 10.3. The van der Waals surface area contributed by atoms with Gasteiger partial charge in [0.1, 0.15) is 5.70 Å². The average Bonchev–Trinajstić information content (AvgIpc) is 2.88. The Balaban J connectivity index is 2.24. The number of nitrogens with zero attached hydrogens (tertiary/aromatic N) is 2. The van der Waals surface area contributed by atoms with Crippen molar-refractivity contribution < 1.29 is 4.79 Å². The van der Waals surface area contributed by atoms with Crippen molar-refractivity contribution >= 4 is 22.9 Å². The number of thiophene rings is 1. The van der Waals surface area contributed by atoms with Gasteiger partial charge in [-0.3, -0.25) is 14.8 Å². The molecule has 0 spiro atoms. The number of allylic oxidation sites excluding steroid dienone is 1. The van der Waals surface area contributed by atoms with Crippen LogP contribution in [0.25, 0.3) is 0 Å². The Labute approximate surface area is 99.1 Å².